The fraction of sp³-hybridized carbons (Fsp3) is 0.269. The number of fused-ring (bicyclic) bond motifs is 1. The number of nitrogens with zero attached hydrogens (tertiary/aromatic N) is 5. The number of carbonyl (C=O) groups excluding carboxylic acids is 2. The van der Waals surface area contributed by atoms with E-state index in [1.807, 2.05) is 25.5 Å². The number of aliphatic imine (C=N–C) groups is 1. The average Bonchev–Trinajstić information content (AvgIpc) is 3.75. The van der Waals surface area contributed by atoms with E-state index in [2.05, 4.69) is 36.2 Å². The summed E-state index contributed by atoms with van der Waals surface area (Å²) in [4.78, 5) is 38.6. The minimum Gasteiger partial charge on any atom is -0.439 e. The molecular weight excluding hydrogens is 522 g/mol. The van der Waals surface area contributed by atoms with Crippen LogP contribution >= 0.6 is 11.6 Å². The van der Waals surface area contributed by atoms with E-state index in [0.29, 0.717) is 11.3 Å². The molecule has 2 aliphatic rings. The second-order valence-electron chi connectivity index (χ2n) is 9.39. The fourth-order valence-corrected chi connectivity index (χ4v) is 4.87. The molecule has 4 aromatic rings. The number of H-pyrrole nitrogens is 1. The van der Waals surface area contributed by atoms with Crippen LogP contribution in [0.15, 0.2) is 54.0 Å². The number of carbonyl (C=O) groups is 2. The van der Waals surface area contributed by atoms with Gasteiger partial charge in [0.15, 0.2) is 6.23 Å². The van der Waals surface area contributed by atoms with Crippen molar-refractivity contribution in [1.82, 2.24) is 40.8 Å². The van der Waals surface area contributed by atoms with Crippen molar-refractivity contribution in [2.45, 2.75) is 19.1 Å². The molecule has 39 heavy (non-hydrogen) atoms. The summed E-state index contributed by atoms with van der Waals surface area (Å²) in [5, 5.41) is 8.06. The Hall–Kier alpha value is -4.42. The first-order chi connectivity index (χ1) is 18.9. The molecule has 1 unspecified atom stereocenters. The van der Waals surface area contributed by atoms with Crippen molar-refractivity contribution >= 4 is 46.2 Å². The summed E-state index contributed by atoms with van der Waals surface area (Å²) in [6.07, 6.45) is 8.82. The molecule has 2 aliphatic heterocycles. The summed E-state index contributed by atoms with van der Waals surface area (Å²) in [5.74, 6) is -0.458. The van der Waals surface area contributed by atoms with Gasteiger partial charge in [-0.3, -0.25) is 19.7 Å². The number of likely N-dealkylation sites (tertiary alicyclic amines) is 1. The molecule has 0 bridgehead atoms. The largest absolute Gasteiger partial charge is 0.439 e. The third kappa shape index (κ3) is 5.16. The molecule has 1 aromatic carbocycles. The van der Waals surface area contributed by atoms with E-state index in [4.69, 9.17) is 16.3 Å². The number of hydrazine groups is 1. The van der Waals surface area contributed by atoms with Crippen molar-refractivity contribution in [2.75, 3.05) is 19.6 Å². The lowest BCUT2D eigenvalue weighted by Crippen LogP contribution is -2.38. The van der Waals surface area contributed by atoms with Crippen LogP contribution in [0.2, 0.25) is 5.02 Å². The van der Waals surface area contributed by atoms with E-state index < -0.39 is 6.23 Å². The lowest BCUT2D eigenvalue weighted by atomic mass is 10.1. The van der Waals surface area contributed by atoms with Gasteiger partial charge in [0.25, 0.3) is 5.91 Å². The van der Waals surface area contributed by atoms with Gasteiger partial charge in [-0.15, -0.1) is 0 Å². The van der Waals surface area contributed by atoms with Gasteiger partial charge < -0.3 is 19.9 Å². The Bertz CT molecular complexity index is 1590. The molecule has 12 nitrogen and oxygen atoms in total. The Morgan fingerprint density at radius 2 is 2.05 bits per heavy atom. The first-order valence-electron chi connectivity index (χ1n) is 12.5. The zero-order valence-electron chi connectivity index (χ0n) is 21.1. The lowest BCUT2D eigenvalue weighted by Gasteiger charge is -2.15. The highest BCUT2D eigenvalue weighted by molar-refractivity contribution is 6.33. The molecule has 5 heterocycles. The number of ether oxygens (including phenoxy) is 1. The molecule has 2 amide bonds. The van der Waals surface area contributed by atoms with Gasteiger partial charge in [0.05, 0.1) is 23.5 Å². The standard InChI is InChI=1S/C26H26ClN9O3/c1-35-14-17(11-31-35)16-8-18-19(12-29-23(18)28-10-16)25-33-34-26(39-25)32-21-5-4-15(9-20(21)27)24(38)30-13-22(37)36-6-2-3-7-36/h4-5,8-12,14,25,33H,2-3,6-7,13H2,1H3,(H,28,29)(H,30,38)(H,32,34). The second-order valence-corrected chi connectivity index (χ2v) is 9.80. The SMILES string of the molecule is Cn1cc(-c2cnc3[nH]cc(C4NNC(=Nc5ccc(C(=O)NCC(=O)N6CCCC6)cc5Cl)O4)c3c2)cn1. The number of halogens is 1. The number of aromatic nitrogens is 4. The maximum atomic E-state index is 12.5. The Morgan fingerprint density at radius 3 is 2.82 bits per heavy atom. The number of pyridine rings is 1. The highest BCUT2D eigenvalue weighted by Crippen LogP contribution is 2.31. The normalized spacial score (nSPS) is 17.9. The predicted octanol–water partition coefficient (Wildman–Crippen LogP) is 2.78. The van der Waals surface area contributed by atoms with Crippen molar-refractivity contribution in [3.05, 3.63) is 65.2 Å². The molecule has 13 heteroatoms. The summed E-state index contributed by atoms with van der Waals surface area (Å²) in [7, 11) is 1.87. The smallest absolute Gasteiger partial charge is 0.306 e. The maximum absolute atomic E-state index is 12.5. The van der Waals surface area contributed by atoms with Gasteiger partial charge in [0, 0.05) is 66.4 Å². The molecule has 0 radical (unpaired) electrons. The van der Waals surface area contributed by atoms with Crippen molar-refractivity contribution in [3.8, 4) is 11.1 Å². The minimum absolute atomic E-state index is 0.0432. The topological polar surface area (TPSA) is 142 Å². The van der Waals surface area contributed by atoms with E-state index in [0.717, 1.165) is 53.7 Å². The number of aryl methyl sites for hydroxylation is 1. The average molecular weight is 548 g/mol. The Morgan fingerprint density at radius 1 is 1.21 bits per heavy atom. The Balaban J connectivity index is 1.13. The lowest BCUT2D eigenvalue weighted by molar-refractivity contribution is -0.129. The van der Waals surface area contributed by atoms with E-state index in [-0.39, 0.29) is 29.4 Å². The number of aromatic amines is 1. The molecule has 0 saturated carbocycles. The fourth-order valence-electron chi connectivity index (χ4n) is 4.65. The monoisotopic (exact) mass is 547 g/mol. The van der Waals surface area contributed by atoms with E-state index >= 15 is 0 Å². The molecule has 2 fully saturated rings. The van der Waals surface area contributed by atoms with Gasteiger partial charge in [0.1, 0.15) is 5.65 Å². The molecule has 0 spiro atoms. The summed E-state index contributed by atoms with van der Waals surface area (Å²) < 4.78 is 7.74. The molecule has 6 rings (SSSR count). The summed E-state index contributed by atoms with van der Waals surface area (Å²) >= 11 is 6.42. The summed E-state index contributed by atoms with van der Waals surface area (Å²) in [5.41, 5.74) is 10.2. The van der Waals surface area contributed by atoms with Crippen LogP contribution in [0.25, 0.3) is 22.2 Å². The van der Waals surface area contributed by atoms with Gasteiger partial charge in [-0.1, -0.05) is 11.6 Å². The van der Waals surface area contributed by atoms with Crippen molar-refractivity contribution in [3.63, 3.8) is 0 Å². The molecule has 3 aromatic heterocycles. The summed E-state index contributed by atoms with van der Waals surface area (Å²) in [6.45, 7) is 1.44. The summed E-state index contributed by atoms with van der Waals surface area (Å²) in [6, 6.07) is 7.00. The maximum Gasteiger partial charge on any atom is 0.306 e. The van der Waals surface area contributed by atoms with E-state index in [9.17, 15) is 9.59 Å². The van der Waals surface area contributed by atoms with Gasteiger partial charge in [-0.2, -0.15) is 15.5 Å². The van der Waals surface area contributed by atoms with Gasteiger partial charge in [-0.05, 0) is 37.1 Å². The predicted molar refractivity (Wildman–Crippen MR) is 145 cm³/mol. The van der Waals surface area contributed by atoms with E-state index in [1.54, 1.807) is 34.1 Å². The number of amides is 2. The molecule has 1 atom stereocenters. The quantitative estimate of drug-likeness (QED) is 0.291. The van der Waals surface area contributed by atoms with Crippen molar-refractivity contribution in [1.29, 1.82) is 0 Å². The first-order valence-corrected chi connectivity index (χ1v) is 12.9. The van der Waals surface area contributed by atoms with Gasteiger partial charge >= 0.3 is 6.02 Å². The number of benzene rings is 1. The molecule has 4 N–H and O–H groups in total. The molecule has 200 valence electrons. The zero-order chi connectivity index (χ0) is 26.9. The van der Waals surface area contributed by atoms with Gasteiger partial charge in [0.2, 0.25) is 5.91 Å². The van der Waals surface area contributed by atoms with Crippen LogP contribution in [0.5, 0.6) is 0 Å². The molecule has 0 aliphatic carbocycles. The first kappa shape index (κ1) is 24.9. The third-order valence-corrected chi connectivity index (χ3v) is 7.02. The second kappa shape index (κ2) is 10.4. The van der Waals surface area contributed by atoms with Crippen LogP contribution in [0, 0.1) is 0 Å². The van der Waals surface area contributed by atoms with Crippen LogP contribution in [0.3, 0.4) is 0 Å². The van der Waals surface area contributed by atoms with Crippen molar-refractivity contribution in [2.24, 2.45) is 12.0 Å². The van der Waals surface area contributed by atoms with E-state index in [1.165, 1.54) is 6.07 Å². The van der Waals surface area contributed by atoms with Gasteiger partial charge in [-0.25, -0.2) is 4.98 Å². The van der Waals surface area contributed by atoms with Crippen LogP contribution in [-0.2, 0) is 16.6 Å². The minimum atomic E-state index is -0.527. The van der Waals surface area contributed by atoms with Crippen molar-refractivity contribution < 1.29 is 14.3 Å². The van der Waals surface area contributed by atoms with Crippen LogP contribution in [0.1, 0.15) is 35.0 Å². The van der Waals surface area contributed by atoms with Crippen LogP contribution in [0.4, 0.5) is 5.69 Å². The highest BCUT2D eigenvalue weighted by Gasteiger charge is 2.26. The highest BCUT2D eigenvalue weighted by atomic mass is 35.5. The molecule has 2 saturated heterocycles. The number of amidine groups is 1. The third-order valence-electron chi connectivity index (χ3n) is 6.71. The Kier molecular flexibility index (Phi) is 6.63. The number of rotatable bonds is 6. The number of hydrogen-bond donors (Lipinski definition) is 4. The zero-order valence-corrected chi connectivity index (χ0v) is 21.8. The number of nitrogens with one attached hydrogen (secondary N) is 4. The molecular formula is C26H26ClN9O3. The van der Waals surface area contributed by atoms with Crippen LogP contribution in [-0.4, -0.2) is 62.1 Å². The number of hydrogen-bond acceptors (Lipinski definition) is 7. The van der Waals surface area contributed by atoms with Crippen LogP contribution < -0.4 is 16.2 Å². The Labute approximate surface area is 228 Å².